The van der Waals surface area contributed by atoms with E-state index in [0.29, 0.717) is 25.2 Å². The van der Waals surface area contributed by atoms with Crippen molar-refractivity contribution in [3.63, 3.8) is 0 Å². The van der Waals surface area contributed by atoms with Crippen LogP contribution in [0.25, 0.3) is 0 Å². The Morgan fingerprint density at radius 2 is 2.08 bits per heavy atom. The summed E-state index contributed by atoms with van der Waals surface area (Å²) in [6.45, 7) is 3.11. The van der Waals surface area contributed by atoms with Crippen molar-refractivity contribution in [3.8, 4) is 6.07 Å². The summed E-state index contributed by atoms with van der Waals surface area (Å²) in [5, 5.41) is 15.5. The minimum atomic E-state index is -0.873. The van der Waals surface area contributed by atoms with Crippen LogP contribution >= 0.6 is 0 Å². The molecule has 0 saturated heterocycles. The Balaban J connectivity index is 1.53. The van der Waals surface area contributed by atoms with Crippen molar-refractivity contribution in [2.45, 2.75) is 45.4 Å². The van der Waals surface area contributed by atoms with Crippen LogP contribution in [0.4, 0.5) is 16.2 Å². The van der Waals surface area contributed by atoms with Gasteiger partial charge in [0.1, 0.15) is 5.41 Å². The summed E-state index contributed by atoms with van der Waals surface area (Å²) in [6, 6.07) is 7.88. The molecule has 6 nitrogen and oxygen atoms in total. The van der Waals surface area contributed by atoms with Gasteiger partial charge in [0.2, 0.25) is 5.91 Å². The third kappa shape index (κ3) is 2.38. The van der Waals surface area contributed by atoms with Gasteiger partial charge in [0.25, 0.3) is 0 Å². The molecular formula is C20H24N4O2. The van der Waals surface area contributed by atoms with E-state index in [4.69, 9.17) is 0 Å². The van der Waals surface area contributed by atoms with E-state index in [1.165, 1.54) is 0 Å². The van der Waals surface area contributed by atoms with Gasteiger partial charge in [-0.3, -0.25) is 9.69 Å². The van der Waals surface area contributed by atoms with E-state index in [9.17, 15) is 14.9 Å². The summed E-state index contributed by atoms with van der Waals surface area (Å²) >= 11 is 0. The number of nitrogens with zero attached hydrogens (tertiary/aromatic N) is 2. The predicted molar refractivity (Wildman–Crippen MR) is 98.8 cm³/mol. The number of nitrogens with one attached hydrogen (secondary N) is 2. The largest absolute Gasteiger partial charge is 0.338 e. The minimum Gasteiger partial charge on any atom is -0.338 e. The standard InChI is InChI=1S/C20H24N4O2/c1-2-22-18(26)24-10-7-14-5-6-15(11-16(14)24)23-17(25)20(13-21)12-19(20)8-3-4-9-19/h5-6,11H,2-4,7-10,12H2,1H3,(H,22,26)(H,23,25). The summed E-state index contributed by atoms with van der Waals surface area (Å²) in [5.74, 6) is -0.190. The molecule has 0 aromatic heterocycles. The first-order valence-corrected chi connectivity index (χ1v) is 9.46. The topological polar surface area (TPSA) is 85.2 Å². The third-order valence-corrected chi connectivity index (χ3v) is 6.33. The molecule has 1 aliphatic heterocycles. The highest BCUT2D eigenvalue weighted by Crippen LogP contribution is 2.71. The quantitative estimate of drug-likeness (QED) is 0.876. The number of carbonyl (C=O) groups is 2. The maximum Gasteiger partial charge on any atom is 0.321 e. The first kappa shape index (κ1) is 16.9. The van der Waals surface area contributed by atoms with Crippen molar-refractivity contribution >= 4 is 23.3 Å². The van der Waals surface area contributed by atoms with Crippen molar-refractivity contribution in [1.82, 2.24) is 5.32 Å². The fourth-order valence-electron chi connectivity index (χ4n) is 4.80. The maximum atomic E-state index is 12.9. The van der Waals surface area contributed by atoms with Gasteiger partial charge in [-0.2, -0.15) is 5.26 Å². The number of anilines is 2. The lowest BCUT2D eigenvalue weighted by molar-refractivity contribution is -0.120. The molecule has 6 heteroatoms. The van der Waals surface area contributed by atoms with Crippen LogP contribution in [-0.2, 0) is 11.2 Å². The minimum absolute atomic E-state index is 0.102. The van der Waals surface area contributed by atoms with Crippen molar-refractivity contribution < 1.29 is 9.59 Å². The van der Waals surface area contributed by atoms with Gasteiger partial charge in [-0.05, 0) is 50.3 Å². The zero-order valence-corrected chi connectivity index (χ0v) is 15.1. The van der Waals surface area contributed by atoms with E-state index in [1.807, 2.05) is 25.1 Å². The van der Waals surface area contributed by atoms with Gasteiger partial charge in [-0.25, -0.2) is 4.79 Å². The zero-order chi connectivity index (χ0) is 18.4. The Morgan fingerprint density at radius 1 is 1.31 bits per heavy atom. The third-order valence-electron chi connectivity index (χ3n) is 6.33. The van der Waals surface area contributed by atoms with Crippen molar-refractivity contribution in [1.29, 1.82) is 5.26 Å². The SMILES string of the molecule is CCNC(=O)N1CCc2ccc(NC(=O)C3(C#N)CC34CCCC4)cc21. The Hall–Kier alpha value is -2.55. The summed E-state index contributed by atoms with van der Waals surface area (Å²) in [7, 11) is 0. The Morgan fingerprint density at radius 3 is 2.77 bits per heavy atom. The highest BCUT2D eigenvalue weighted by atomic mass is 16.2. The van der Waals surface area contributed by atoms with E-state index < -0.39 is 5.41 Å². The van der Waals surface area contributed by atoms with Crippen LogP contribution in [0.2, 0.25) is 0 Å². The average Bonchev–Trinajstić information content (AvgIpc) is 2.92. The molecule has 0 radical (unpaired) electrons. The van der Waals surface area contributed by atoms with Gasteiger partial charge in [0.05, 0.1) is 11.8 Å². The number of benzene rings is 1. The van der Waals surface area contributed by atoms with E-state index in [0.717, 1.165) is 43.4 Å². The molecule has 4 rings (SSSR count). The number of amides is 3. The molecule has 26 heavy (non-hydrogen) atoms. The highest BCUT2D eigenvalue weighted by Gasteiger charge is 2.72. The summed E-state index contributed by atoms with van der Waals surface area (Å²) in [6.07, 6.45) is 5.66. The van der Waals surface area contributed by atoms with Gasteiger partial charge >= 0.3 is 6.03 Å². The second-order valence-electron chi connectivity index (χ2n) is 7.72. The van der Waals surface area contributed by atoms with Gasteiger partial charge in [0, 0.05) is 24.2 Å². The molecule has 2 saturated carbocycles. The van der Waals surface area contributed by atoms with Crippen molar-refractivity contribution in [2.75, 3.05) is 23.3 Å². The van der Waals surface area contributed by atoms with Crippen LogP contribution < -0.4 is 15.5 Å². The number of hydrogen-bond donors (Lipinski definition) is 2. The fraction of sp³-hybridized carbons (Fsp3) is 0.550. The van der Waals surface area contributed by atoms with E-state index in [2.05, 4.69) is 16.7 Å². The van der Waals surface area contributed by atoms with Crippen LogP contribution in [0.15, 0.2) is 18.2 Å². The van der Waals surface area contributed by atoms with E-state index >= 15 is 0 Å². The van der Waals surface area contributed by atoms with Crippen LogP contribution in [0.3, 0.4) is 0 Å². The molecule has 2 N–H and O–H groups in total. The van der Waals surface area contributed by atoms with Gasteiger partial charge in [-0.1, -0.05) is 18.9 Å². The van der Waals surface area contributed by atoms with E-state index in [1.54, 1.807) is 4.90 Å². The van der Waals surface area contributed by atoms with Crippen LogP contribution in [0.5, 0.6) is 0 Å². The van der Waals surface area contributed by atoms with Gasteiger partial charge in [-0.15, -0.1) is 0 Å². The van der Waals surface area contributed by atoms with Crippen LogP contribution in [0.1, 0.15) is 44.6 Å². The molecule has 3 amide bonds. The molecular weight excluding hydrogens is 328 g/mol. The van der Waals surface area contributed by atoms with Gasteiger partial charge in [0.15, 0.2) is 0 Å². The molecule has 1 atom stereocenters. The maximum absolute atomic E-state index is 12.9. The molecule has 2 fully saturated rings. The van der Waals surface area contributed by atoms with E-state index in [-0.39, 0.29) is 17.4 Å². The first-order valence-electron chi connectivity index (χ1n) is 9.46. The average molecular weight is 352 g/mol. The highest BCUT2D eigenvalue weighted by molar-refractivity contribution is 6.02. The van der Waals surface area contributed by atoms with Crippen molar-refractivity contribution in [3.05, 3.63) is 23.8 Å². The molecule has 3 aliphatic rings. The molecule has 0 bridgehead atoms. The smallest absolute Gasteiger partial charge is 0.321 e. The second kappa shape index (κ2) is 6.01. The number of carbonyl (C=O) groups excluding carboxylic acids is 2. The molecule has 1 aromatic rings. The number of hydrogen-bond acceptors (Lipinski definition) is 3. The van der Waals surface area contributed by atoms with Gasteiger partial charge < -0.3 is 10.6 Å². The molecule has 1 aromatic carbocycles. The lowest BCUT2D eigenvalue weighted by Gasteiger charge is -2.19. The molecule has 136 valence electrons. The first-order chi connectivity index (χ1) is 12.5. The molecule has 1 spiro atoms. The fourth-order valence-corrected chi connectivity index (χ4v) is 4.80. The molecule has 1 heterocycles. The number of urea groups is 1. The molecule has 2 aliphatic carbocycles. The summed E-state index contributed by atoms with van der Waals surface area (Å²) in [4.78, 5) is 26.8. The molecule has 1 unspecified atom stereocenters. The Labute approximate surface area is 153 Å². The normalized spacial score (nSPS) is 24.8. The van der Waals surface area contributed by atoms with Crippen LogP contribution in [0, 0.1) is 22.2 Å². The lowest BCUT2D eigenvalue weighted by Crippen LogP contribution is -2.38. The summed E-state index contributed by atoms with van der Waals surface area (Å²) in [5.41, 5.74) is 1.62. The zero-order valence-electron chi connectivity index (χ0n) is 15.1. The Bertz CT molecular complexity index is 807. The Kier molecular flexibility index (Phi) is 3.91. The monoisotopic (exact) mass is 352 g/mol. The summed E-state index contributed by atoms with van der Waals surface area (Å²) < 4.78 is 0. The number of nitriles is 1. The predicted octanol–water partition coefficient (Wildman–Crippen LogP) is 3.19. The van der Waals surface area contributed by atoms with Crippen LogP contribution in [-0.4, -0.2) is 25.0 Å². The number of fused-ring (bicyclic) bond motifs is 1. The second-order valence-corrected chi connectivity index (χ2v) is 7.72. The van der Waals surface area contributed by atoms with Crippen molar-refractivity contribution in [2.24, 2.45) is 10.8 Å². The number of rotatable bonds is 3. The lowest BCUT2D eigenvalue weighted by atomic mass is 9.91.